The number of piperidine rings is 1. The first-order valence-electron chi connectivity index (χ1n) is 10.5. The summed E-state index contributed by atoms with van der Waals surface area (Å²) in [5.74, 6) is 0.450. The minimum atomic E-state index is -0.157. The van der Waals surface area contributed by atoms with Crippen LogP contribution in [0, 0.1) is 5.92 Å². The van der Waals surface area contributed by atoms with Gasteiger partial charge in [-0.25, -0.2) is 9.97 Å². The SMILES string of the molecule is CN(C)c1ccc(CNC(=O)C2CCN(c3nc4cccnc4n(C)c3=O)CC2)cc1. The van der Waals surface area contributed by atoms with Crippen LogP contribution in [0.4, 0.5) is 11.5 Å². The van der Waals surface area contributed by atoms with Crippen LogP contribution >= 0.6 is 0 Å². The van der Waals surface area contributed by atoms with Crippen LogP contribution in [0.25, 0.3) is 11.2 Å². The molecule has 0 spiro atoms. The van der Waals surface area contributed by atoms with Crippen LogP contribution in [0.2, 0.25) is 0 Å². The number of anilines is 2. The fraction of sp³-hybridized carbons (Fsp3) is 0.391. The molecular formula is C23H28N6O2. The van der Waals surface area contributed by atoms with Crippen LogP contribution in [0.15, 0.2) is 47.4 Å². The lowest BCUT2D eigenvalue weighted by atomic mass is 9.96. The lowest BCUT2D eigenvalue weighted by Crippen LogP contribution is -2.43. The molecule has 31 heavy (non-hydrogen) atoms. The summed E-state index contributed by atoms with van der Waals surface area (Å²) in [6.45, 7) is 1.78. The van der Waals surface area contributed by atoms with E-state index in [0.717, 1.165) is 11.3 Å². The molecule has 8 nitrogen and oxygen atoms in total. The van der Waals surface area contributed by atoms with Gasteiger partial charge in [0.05, 0.1) is 0 Å². The number of amides is 1. The first-order valence-corrected chi connectivity index (χ1v) is 10.5. The van der Waals surface area contributed by atoms with Crippen LogP contribution < -0.4 is 20.7 Å². The van der Waals surface area contributed by atoms with Crippen LogP contribution in [-0.4, -0.2) is 47.6 Å². The monoisotopic (exact) mass is 420 g/mol. The number of carbonyl (C=O) groups excluding carboxylic acids is 1. The van der Waals surface area contributed by atoms with Crippen molar-refractivity contribution in [3.8, 4) is 0 Å². The Bertz CT molecular complexity index is 1130. The summed E-state index contributed by atoms with van der Waals surface area (Å²) >= 11 is 0. The first-order chi connectivity index (χ1) is 14.9. The largest absolute Gasteiger partial charge is 0.378 e. The van der Waals surface area contributed by atoms with Gasteiger partial charge in [-0.15, -0.1) is 0 Å². The quantitative estimate of drug-likeness (QED) is 0.679. The van der Waals surface area contributed by atoms with Crippen LogP contribution in [0.3, 0.4) is 0 Å². The van der Waals surface area contributed by atoms with E-state index in [2.05, 4.69) is 15.3 Å². The molecule has 0 saturated carbocycles. The molecule has 0 atom stereocenters. The Labute approximate surface area is 181 Å². The number of aryl methyl sites for hydroxylation is 1. The summed E-state index contributed by atoms with van der Waals surface area (Å²) in [5.41, 5.74) is 3.32. The number of hydrogen-bond donors (Lipinski definition) is 1. The van der Waals surface area contributed by atoms with Gasteiger partial charge in [-0.1, -0.05) is 12.1 Å². The number of fused-ring (bicyclic) bond motifs is 1. The molecule has 2 aromatic heterocycles. The maximum absolute atomic E-state index is 12.8. The summed E-state index contributed by atoms with van der Waals surface area (Å²) in [5, 5.41) is 3.06. The zero-order valence-electron chi connectivity index (χ0n) is 18.2. The van der Waals surface area contributed by atoms with Gasteiger partial charge in [0, 0.05) is 58.6 Å². The first kappa shape index (κ1) is 20.8. The van der Waals surface area contributed by atoms with Gasteiger partial charge in [0.15, 0.2) is 11.5 Å². The summed E-state index contributed by atoms with van der Waals surface area (Å²) in [4.78, 5) is 38.2. The predicted molar refractivity (Wildman–Crippen MR) is 122 cm³/mol. The lowest BCUT2D eigenvalue weighted by molar-refractivity contribution is -0.125. The van der Waals surface area contributed by atoms with E-state index in [1.165, 1.54) is 4.57 Å². The molecule has 1 aromatic carbocycles. The second-order valence-electron chi connectivity index (χ2n) is 8.19. The number of pyridine rings is 1. The van der Waals surface area contributed by atoms with Crippen molar-refractivity contribution in [2.24, 2.45) is 13.0 Å². The summed E-state index contributed by atoms with van der Waals surface area (Å²) in [7, 11) is 5.72. The molecule has 1 aliphatic heterocycles. The van der Waals surface area contributed by atoms with Crippen molar-refractivity contribution < 1.29 is 4.79 Å². The molecule has 4 rings (SSSR count). The average molecular weight is 421 g/mol. The highest BCUT2D eigenvalue weighted by Crippen LogP contribution is 2.21. The fourth-order valence-corrected chi connectivity index (χ4v) is 3.95. The molecule has 1 fully saturated rings. The Kier molecular flexibility index (Phi) is 5.88. The third-order valence-corrected chi connectivity index (χ3v) is 5.89. The van der Waals surface area contributed by atoms with Crippen molar-refractivity contribution in [1.82, 2.24) is 19.9 Å². The molecular weight excluding hydrogens is 392 g/mol. The Morgan fingerprint density at radius 2 is 1.87 bits per heavy atom. The normalized spacial score (nSPS) is 14.6. The van der Waals surface area contributed by atoms with Crippen molar-refractivity contribution in [2.75, 3.05) is 37.0 Å². The number of hydrogen-bond acceptors (Lipinski definition) is 6. The molecule has 1 N–H and O–H groups in total. The van der Waals surface area contributed by atoms with Crippen molar-refractivity contribution in [3.05, 3.63) is 58.5 Å². The minimum Gasteiger partial charge on any atom is -0.378 e. The van der Waals surface area contributed by atoms with Crippen LogP contribution in [-0.2, 0) is 18.4 Å². The summed E-state index contributed by atoms with van der Waals surface area (Å²) in [6, 6.07) is 11.8. The molecule has 0 radical (unpaired) electrons. The highest BCUT2D eigenvalue weighted by Gasteiger charge is 2.27. The van der Waals surface area contributed by atoms with E-state index in [9.17, 15) is 9.59 Å². The number of nitrogens with one attached hydrogen (secondary N) is 1. The molecule has 0 bridgehead atoms. The Balaban J connectivity index is 1.36. The van der Waals surface area contributed by atoms with E-state index in [0.29, 0.717) is 49.5 Å². The number of benzene rings is 1. The van der Waals surface area contributed by atoms with Gasteiger partial charge < -0.3 is 15.1 Å². The predicted octanol–water partition coefficient (Wildman–Crippen LogP) is 1.93. The maximum Gasteiger partial charge on any atom is 0.294 e. The lowest BCUT2D eigenvalue weighted by Gasteiger charge is -2.32. The van der Waals surface area contributed by atoms with Crippen molar-refractivity contribution in [2.45, 2.75) is 19.4 Å². The van der Waals surface area contributed by atoms with Gasteiger partial charge in [0.1, 0.15) is 5.52 Å². The molecule has 162 valence electrons. The topological polar surface area (TPSA) is 83.4 Å². The van der Waals surface area contributed by atoms with Gasteiger partial charge in [-0.2, -0.15) is 0 Å². The number of aromatic nitrogens is 3. The van der Waals surface area contributed by atoms with E-state index in [4.69, 9.17) is 0 Å². The van der Waals surface area contributed by atoms with Gasteiger partial charge >= 0.3 is 0 Å². The van der Waals surface area contributed by atoms with Gasteiger partial charge in [0.25, 0.3) is 5.56 Å². The van der Waals surface area contributed by atoms with E-state index < -0.39 is 0 Å². The number of nitrogens with zero attached hydrogens (tertiary/aromatic N) is 5. The zero-order valence-corrected chi connectivity index (χ0v) is 18.2. The molecule has 1 aliphatic rings. The van der Waals surface area contributed by atoms with E-state index >= 15 is 0 Å². The third kappa shape index (κ3) is 4.38. The standard InChI is InChI=1S/C23H28N6O2/c1-27(2)18-8-6-16(7-9-18)15-25-22(30)17-10-13-29(14-11-17)21-23(31)28(3)20-19(26-21)5-4-12-24-20/h4-9,12,17H,10-11,13-15H2,1-3H3,(H,25,30). The molecule has 8 heteroatoms. The number of carbonyl (C=O) groups is 1. The van der Waals surface area contributed by atoms with E-state index in [1.54, 1.807) is 13.2 Å². The third-order valence-electron chi connectivity index (χ3n) is 5.89. The van der Waals surface area contributed by atoms with E-state index in [-0.39, 0.29) is 17.4 Å². The maximum atomic E-state index is 12.8. The van der Waals surface area contributed by atoms with Crippen molar-refractivity contribution in [1.29, 1.82) is 0 Å². The highest BCUT2D eigenvalue weighted by molar-refractivity contribution is 5.79. The average Bonchev–Trinajstić information content (AvgIpc) is 2.80. The second kappa shape index (κ2) is 8.75. The second-order valence-corrected chi connectivity index (χ2v) is 8.19. The zero-order chi connectivity index (χ0) is 22.0. The molecule has 3 heterocycles. The summed E-state index contributed by atoms with van der Waals surface area (Å²) in [6.07, 6.45) is 3.05. The van der Waals surface area contributed by atoms with Gasteiger partial charge in [-0.3, -0.25) is 14.2 Å². The Morgan fingerprint density at radius 3 is 2.55 bits per heavy atom. The molecule has 1 saturated heterocycles. The van der Waals surface area contributed by atoms with Crippen LogP contribution in [0.1, 0.15) is 18.4 Å². The smallest absolute Gasteiger partial charge is 0.294 e. The fourth-order valence-electron chi connectivity index (χ4n) is 3.95. The minimum absolute atomic E-state index is 0.0525. The molecule has 3 aromatic rings. The number of rotatable bonds is 5. The van der Waals surface area contributed by atoms with Crippen LogP contribution in [0.5, 0.6) is 0 Å². The molecule has 0 unspecified atom stereocenters. The van der Waals surface area contributed by atoms with Gasteiger partial charge in [-0.05, 0) is 42.7 Å². The Hall–Kier alpha value is -3.42. The highest BCUT2D eigenvalue weighted by atomic mass is 16.2. The van der Waals surface area contributed by atoms with Crippen molar-refractivity contribution >= 4 is 28.6 Å². The van der Waals surface area contributed by atoms with Gasteiger partial charge in [0.2, 0.25) is 5.91 Å². The molecule has 0 aliphatic carbocycles. The molecule has 1 amide bonds. The summed E-state index contributed by atoms with van der Waals surface area (Å²) < 4.78 is 1.54. The Morgan fingerprint density at radius 1 is 1.16 bits per heavy atom. The van der Waals surface area contributed by atoms with E-state index in [1.807, 2.05) is 60.3 Å². The van der Waals surface area contributed by atoms with Crippen molar-refractivity contribution in [3.63, 3.8) is 0 Å².